The van der Waals surface area contributed by atoms with Gasteiger partial charge in [-0.3, -0.25) is 0 Å². The molecule has 0 fully saturated rings. The van der Waals surface area contributed by atoms with Gasteiger partial charge in [0.15, 0.2) is 14.9 Å². The second-order valence-corrected chi connectivity index (χ2v) is 5.47. The number of rotatable bonds is 4. The van der Waals surface area contributed by atoms with E-state index in [0.717, 1.165) is 5.56 Å². The maximum atomic E-state index is 11.6. The summed E-state index contributed by atoms with van der Waals surface area (Å²) in [6.45, 7) is 1.86. The molecule has 1 aromatic rings. The smallest absolute Gasteiger partial charge is 0.195 e. The topological polar surface area (TPSA) is 47.0 Å². The number of pyridine rings is 1. The van der Waals surface area contributed by atoms with E-state index in [9.17, 15) is 8.42 Å². The molecule has 78 valence electrons. The van der Waals surface area contributed by atoms with Crippen LogP contribution in [0.1, 0.15) is 12.0 Å². The molecule has 14 heavy (non-hydrogen) atoms. The van der Waals surface area contributed by atoms with Crippen LogP contribution in [0.15, 0.2) is 23.4 Å². The molecule has 0 amide bonds. The number of nitrogens with zero attached hydrogens (tertiary/aromatic N) is 1. The molecule has 0 saturated carbocycles. The molecular formula is C9H12ClNO2S. The molecule has 1 rings (SSSR count). The summed E-state index contributed by atoms with van der Waals surface area (Å²) in [5.41, 5.74) is 0.946. The zero-order valence-electron chi connectivity index (χ0n) is 7.90. The van der Waals surface area contributed by atoms with E-state index in [1.54, 1.807) is 12.3 Å². The van der Waals surface area contributed by atoms with Gasteiger partial charge in [-0.2, -0.15) is 0 Å². The van der Waals surface area contributed by atoms with Crippen LogP contribution in [0.25, 0.3) is 0 Å². The Kier molecular flexibility index (Phi) is 3.89. The van der Waals surface area contributed by atoms with Crippen molar-refractivity contribution >= 4 is 21.4 Å². The first-order chi connectivity index (χ1) is 6.56. The molecule has 0 aliphatic heterocycles. The summed E-state index contributed by atoms with van der Waals surface area (Å²) in [7, 11) is -3.23. The lowest BCUT2D eigenvalue weighted by Gasteiger charge is -2.01. The van der Waals surface area contributed by atoms with Crippen molar-refractivity contribution in [3.05, 3.63) is 23.9 Å². The number of halogens is 1. The number of aromatic nitrogens is 1. The van der Waals surface area contributed by atoms with Crippen LogP contribution in [-0.4, -0.2) is 25.0 Å². The van der Waals surface area contributed by atoms with Crippen LogP contribution in [0.4, 0.5) is 0 Å². The van der Waals surface area contributed by atoms with Crippen molar-refractivity contribution in [3.8, 4) is 0 Å². The van der Waals surface area contributed by atoms with E-state index in [1.807, 2.05) is 6.92 Å². The van der Waals surface area contributed by atoms with Gasteiger partial charge in [-0.15, -0.1) is 11.6 Å². The molecule has 0 N–H and O–H groups in total. The van der Waals surface area contributed by atoms with Gasteiger partial charge in [-0.1, -0.05) is 6.07 Å². The predicted molar refractivity (Wildman–Crippen MR) is 56.4 cm³/mol. The van der Waals surface area contributed by atoms with Crippen LogP contribution in [0.3, 0.4) is 0 Å². The van der Waals surface area contributed by atoms with Gasteiger partial charge in [-0.25, -0.2) is 13.4 Å². The number of sulfone groups is 1. The molecule has 1 heterocycles. The Morgan fingerprint density at radius 3 is 2.64 bits per heavy atom. The van der Waals surface area contributed by atoms with Gasteiger partial charge >= 0.3 is 0 Å². The third-order valence-electron chi connectivity index (χ3n) is 1.75. The Morgan fingerprint density at radius 2 is 2.14 bits per heavy atom. The molecule has 0 aromatic carbocycles. The lowest BCUT2D eigenvalue weighted by atomic mass is 10.3. The first kappa shape index (κ1) is 11.5. The Morgan fingerprint density at radius 1 is 1.43 bits per heavy atom. The standard InChI is InChI=1S/C9H12ClNO2S/c1-8-3-4-9(11-7-8)14(12,13)6-2-5-10/h3-4,7H,2,5-6H2,1H3. The molecule has 5 heteroatoms. The predicted octanol–water partition coefficient (Wildman–Crippen LogP) is 1.79. The third kappa shape index (κ3) is 2.96. The molecule has 0 aliphatic carbocycles. The average Bonchev–Trinajstić information content (AvgIpc) is 2.16. The Balaban J connectivity index is 2.87. The van der Waals surface area contributed by atoms with Gasteiger partial charge in [-0.05, 0) is 25.0 Å². The zero-order valence-corrected chi connectivity index (χ0v) is 9.48. The van der Waals surface area contributed by atoms with Crippen molar-refractivity contribution in [2.45, 2.75) is 18.4 Å². The number of hydrogen-bond donors (Lipinski definition) is 0. The van der Waals surface area contributed by atoms with Gasteiger partial charge in [0.2, 0.25) is 0 Å². The first-order valence-corrected chi connectivity index (χ1v) is 6.46. The largest absolute Gasteiger partial charge is 0.244 e. The lowest BCUT2D eigenvalue weighted by Crippen LogP contribution is -2.09. The Hall–Kier alpha value is -0.610. The van der Waals surface area contributed by atoms with E-state index in [4.69, 9.17) is 11.6 Å². The van der Waals surface area contributed by atoms with Gasteiger partial charge < -0.3 is 0 Å². The highest BCUT2D eigenvalue weighted by Gasteiger charge is 2.14. The number of hydrogen-bond acceptors (Lipinski definition) is 3. The van der Waals surface area contributed by atoms with Crippen molar-refractivity contribution in [3.63, 3.8) is 0 Å². The van der Waals surface area contributed by atoms with E-state index in [2.05, 4.69) is 4.98 Å². The van der Waals surface area contributed by atoms with Crippen molar-refractivity contribution in [2.75, 3.05) is 11.6 Å². The van der Waals surface area contributed by atoms with Crippen LogP contribution in [0.5, 0.6) is 0 Å². The highest BCUT2D eigenvalue weighted by atomic mass is 35.5. The highest BCUT2D eigenvalue weighted by Crippen LogP contribution is 2.09. The molecule has 0 bridgehead atoms. The summed E-state index contributed by atoms with van der Waals surface area (Å²) in [6, 6.07) is 3.26. The number of aryl methyl sites for hydroxylation is 1. The van der Waals surface area contributed by atoms with E-state index in [1.165, 1.54) is 6.07 Å². The van der Waals surface area contributed by atoms with Crippen molar-refractivity contribution < 1.29 is 8.42 Å². The average molecular weight is 234 g/mol. The Labute approximate surface area is 89.0 Å². The molecular weight excluding hydrogens is 222 g/mol. The van der Waals surface area contributed by atoms with Crippen molar-refractivity contribution in [1.82, 2.24) is 4.98 Å². The molecule has 0 radical (unpaired) electrons. The summed E-state index contributed by atoms with van der Waals surface area (Å²) < 4.78 is 23.2. The summed E-state index contributed by atoms with van der Waals surface area (Å²) >= 11 is 5.44. The fourth-order valence-electron chi connectivity index (χ4n) is 0.987. The molecule has 0 aliphatic rings. The molecule has 0 unspecified atom stereocenters. The van der Waals surface area contributed by atoms with Crippen LogP contribution < -0.4 is 0 Å². The van der Waals surface area contributed by atoms with Crippen LogP contribution >= 0.6 is 11.6 Å². The number of alkyl halides is 1. The molecule has 0 atom stereocenters. The van der Waals surface area contributed by atoms with Crippen LogP contribution in [-0.2, 0) is 9.84 Å². The minimum Gasteiger partial charge on any atom is -0.244 e. The fraction of sp³-hybridized carbons (Fsp3) is 0.444. The lowest BCUT2D eigenvalue weighted by molar-refractivity contribution is 0.591. The molecule has 3 nitrogen and oxygen atoms in total. The molecule has 0 spiro atoms. The quantitative estimate of drug-likeness (QED) is 0.745. The summed E-state index contributed by atoms with van der Waals surface area (Å²) in [5.74, 6) is 0.414. The zero-order chi connectivity index (χ0) is 10.6. The fourth-order valence-corrected chi connectivity index (χ4v) is 2.50. The van der Waals surface area contributed by atoms with E-state index in [0.29, 0.717) is 12.3 Å². The summed E-state index contributed by atoms with van der Waals surface area (Å²) in [6.07, 6.45) is 2.01. The van der Waals surface area contributed by atoms with Crippen molar-refractivity contribution in [1.29, 1.82) is 0 Å². The Bertz CT molecular complexity index is 386. The van der Waals surface area contributed by atoms with Crippen LogP contribution in [0, 0.1) is 6.92 Å². The normalized spacial score (nSPS) is 11.6. The maximum Gasteiger partial charge on any atom is 0.195 e. The summed E-state index contributed by atoms with van der Waals surface area (Å²) in [4.78, 5) is 3.87. The first-order valence-electron chi connectivity index (χ1n) is 4.27. The molecule has 0 saturated heterocycles. The van der Waals surface area contributed by atoms with Gasteiger partial charge in [0, 0.05) is 12.1 Å². The minimum absolute atomic E-state index is 0.0621. The maximum absolute atomic E-state index is 11.6. The minimum atomic E-state index is -3.23. The SMILES string of the molecule is Cc1ccc(S(=O)(=O)CCCCl)nc1. The van der Waals surface area contributed by atoms with E-state index < -0.39 is 9.84 Å². The van der Waals surface area contributed by atoms with Gasteiger partial charge in [0.05, 0.1) is 5.75 Å². The summed E-state index contributed by atoms with van der Waals surface area (Å²) in [5, 5.41) is 0.133. The second kappa shape index (κ2) is 4.75. The monoisotopic (exact) mass is 233 g/mol. The van der Waals surface area contributed by atoms with Crippen molar-refractivity contribution in [2.24, 2.45) is 0 Å². The van der Waals surface area contributed by atoms with Gasteiger partial charge in [0.25, 0.3) is 0 Å². The van der Waals surface area contributed by atoms with E-state index >= 15 is 0 Å². The molecule has 1 aromatic heterocycles. The second-order valence-electron chi connectivity index (χ2n) is 3.04. The highest BCUT2D eigenvalue weighted by molar-refractivity contribution is 7.91. The third-order valence-corrected chi connectivity index (χ3v) is 3.72. The van der Waals surface area contributed by atoms with E-state index in [-0.39, 0.29) is 10.8 Å². The van der Waals surface area contributed by atoms with Gasteiger partial charge in [0.1, 0.15) is 0 Å². The van der Waals surface area contributed by atoms with Crippen LogP contribution in [0.2, 0.25) is 0 Å².